The summed E-state index contributed by atoms with van der Waals surface area (Å²) in [5.41, 5.74) is 3.71. The average molecular weight is 461 g/mol. The number of fused-ring (bicyclic) bond motifs is 1. The summed E-state index contributed by atoms with van der Waals surface area (Å²) in [5.74, 6) is -0.227. The lowest BCUT2D eigenvalue weighted by atomic mass is 10.1. The van der Waals surface area contributed by atoms with Crippen molar-refractivity contribution in [1.82, 2.24) is 24.3 Å². The number of nitrogens with zero attached hydrogens (tertiary/aromatic N) is 5. The van der Waals surface area contributed by atoms with Gasteiger partial charge in [-0.25, -0.2) is 19.3 Å². The van der Waals surface area contributed by atoms with E-state index in [2.05, 4.69) is 19.9 Å². The van der Waals surface area contributed by atoms with Crippen molar-refractivity contribution in [2.75, 3.05) is 4.90 Å². The van der Waals surface area contributed by atoms with Gasteiger partial charge < -0.3 is 9.38 Å². The molecule has 0 spiro atoms. The highest BCUT2D eigenvalue weighted by molar-refractivity contribution is 6.30. The maximum atomic E-state index is 13.9. The average Bonchev–Trinajstić information content (AvgIpc) is 3.48. The first-order chi connectivity index (χ1) is 16.1. The number of carbonyl (C=O) groups is 1. The molecule has 4 aromatic heterocycles. The zero-order valence-electron chi connectivity index (χ0n) is 17.3. The van der Waals surface area contributed by atoms with Gasteiger partial charge in [0.1, 0.15) is 17.3 Å². The van der Waals surface area contributed by atoms with Crippen molar-refractivity contribution in [2.24, 2.45) is 0 Å². The van der Waals surface area contributed by atoms with Crippen LogP contribution in [-0.2, 0) is 17.8 Å². The van der Waals surface area contributed by atoms with Crippen LogP contribution in [0.4, 0.5) is 10.2 Å². The van der Waals surface area contributed by atoms with E-state index < -0.39 is 5.82 Å². The summed E-state index contributed by atoms with van der Waals surface area (Å²) in [7, 11) is 0. The Balaban J connectivity index is 1.48. The summed E-state index contributed by atoms with van der Waals surface area (Å²) < 4.78 is 15.8. The normalized spacial score (nSPS) is 11.1. The molecule has 0 unspecified atom stereocenters. The van der Waals surface area contributed by atoms with Crippen LogP contribution in [0.3, 0.4) is 0 Å². The number of benzene rings is 1. The number of imidazole rings is 2. The molecule has 33 heavy (non-hydrogen) atoms. The standard InChI is InChI=1S/C24H18ClFN6O/c25-18-7-16(8-19(26)9-18)14-32(23-5-4-17(11-28-23)21-13-27-15-30-21)24(33)10-20-12-29-22-3-1-2-6-31(20)22/h1-9,11-13,15H,10,14H2,(H,27,30). The molecule has 0 saturated heterocycles. The number of carbonyl (C=O) groups excluding carboxylic acids is 1. The SMILES string of the molecule is O=C(Cc1cnc2ccccn12)N(Cc1cc(F)cc(Cl)c1)c1ccc(-c2cnc[nH]2)cn1. The number of H-pyrrole nitrogens is 1. The lowest BCUT2D eigenvalue weighted by Gasteiger charge is -2.22. The molecule has 9 heteroatoms. The van der Waals surface area contributed by atoms with Gasteiger partial charge in [-0.15, -0.1) is 0 Å². The molecule has 0 aliphatic rings. The Bertz CT molecular complexity index is 1390. The van der Waals surface area contributed by atoms with Gasteiger partial charge in [0, 0.05) is 29.2 Å². The van der Waals surface area contributed by atoms with Crippen LogP contribution in [0.5, 0.6) is 0 Å². The summed E-state index contributed by atoms with van der Waals surface area (Å²) in [4.78, 5) is 30.9. The maximum Gasteiger partial charge on any atom is 0.234 e. The first-order valence-corrected chi connectivity index (χ1v) is 10.6. The van der Waals surface area contributed by atoms with Gasteiger partial charge in [0.15, 0.2) is 0 Å². The van der Waals surface area contributed by atoms with Crippen LogP contribution in [0.15, 0.2) is 79.6 Å². The van der Waals surface area contributed by atoms with Crippen LogP contribution < -0.4 is 4.90 Å². The predicted molar refractivity (Wildman–Crippen MR) is 123 cm³/mol. The highest BCUT2D eigenvalue weighted by Crippen LogP contribution is 2.23. The molecule has 0 aliphatic carbocycles. The zero-order chi connectivity index (χ0) is 22.8. The molecule has 4 heterocycles. The Hall–Kier alpha value is -4.04. The number of halogens is 2. The third-order valence-electron chi connectivity index (χ3n) is 5.22. The number of hydrogen-bond donors (Lipinski definition) is 1. The van der Waals surface area contributed by atoms with Gasteiger partial charge in [-0.1, -0.05) is 17.7 Å². The second kappa shape index (κ2) is 8.84. The Kier molecular flexibility index (Phi) is 5.58. The number of anilines is 1. The van der Waals surface area contributed by atoms with Crippen LogP contribution in [0.2, 0.25) is 5.02 Å². The molecule has 0 saturated carbocycles. The lowest BCUT2D eigenvalue weighted by Crippen LogP contribution is -2.32. The van der Waals surface area contributed by atoms with Gasteiger partial charge in [-0.3, -0.25) is 9.69 Å². The molecule has 0 aliphatic heterocycles. The van der Waals surface area contributed by atoms with Crippen LogP contribution in [0.25, 0.3) is 16.9 Å². The molecule has 7 nitrogen and oxygen atoms in total. The number of hydrogen-bond acceptors (Lipinski definition) is 4. The van der Waals surface area contributed by atoms with Gasteiger partial charge in [0.05, 0.1) is 36.9 Å². The fourth-order valence-corrected chi connectivity index (χ4v) is 3.91. The Labute approximate surface area is 193 Å². The fraction of sp³-hybridized carbons (Fsp3) is 0.0833. The largest absolute Gasteiger partial charge is 0.345 e. The monoisotopic (exact) mass is 460 g/mol. The van der Waals surface area contributed by atoms with Gasteiger partial charge in [0.25, 0.3) is 0 Å². The first kappa shape index (κ1) is 20.8. The minimum atomic E-state index is -0.464. The minimum Gasteiger partial charge on any atom is -0.345 e. The first-order valence-electron chi connectivity index (χ1n) is 10.2. The third-order valence-corrected chi connectivity index (χ3v) is 5.44. The molecular weight excluding hydrogens is 443 g/mol. The van der Waals surface area contributed by atoms with Crippen molar-refractivity contribution >= 4 is 29.0 Å². The number of amides is 1. The summed E-state index contributed by atoms with van der Waals surface area (Å²) in [5, 5.41) is 0.265. The van der Waals surface area contributed by atoms with E-state index in [1.54, 1.807) is 37.1 Å². The molecule has 1 amide bonds. The Morgan fingerprint density at radius 2 is 2.00 bits per heavy atom. The predicted octanol–water partition coefficient (Wildman–Crippen LogP) is 4.69. The molecule has 0 atom stereocenters. The van der Waals surface area contributed by atoms with Crippen molar-refractivity contribution in [1.29, 1.82) is 0 Å². The summed E-state index contributed by atoms with van der Waals surface area (Å²) in [6.07, 6.45) is 8.58. The fourth-order valence-electron chi connectivity index (χ4n) is 3.67. The van der Waals surface area contributed by atoms with Crippen molar-refractivity contribution in [3.63, 3.8) is 0 Å². The van der Waals surface area contributed by atoms with E-state index in [1.165, 1.54) is 17.0 Å². The van der Waals surface area contributed by atoms with Gasteiger partial charge in [0.2, 0.25) is 5.91 Å². The summed E-state index contributed by atoms with van der Waals surface area (Å²) in [6, 6.07) is 13.5. The Morgan fingerprint density at radius 3 is 2.76 bits per heavy atom. The summed E-state index contributed by atoms with van der Waals surface area (Å²) in [6.45, 7) is 0.115. The molecule has 0 radical (unpaired) electrons. The number of nitrogens with one attached hydrogen (secondary N) is 1. The number of rotatable bonds is 6. The molecule has 0 bridgehead atoms. The zero-order valence-corrected chi connectivity index (χ0v) is 18.1. The molecule has 5 rings (SSSR count). The van der Waals surface area contributed by atoms with Crippen molar-refractivity contribution in [2.45, 2.75) is 13.0 Å². The number of aromatic amines is 1. The van der Waals surface area contributed by atoms with E-state index in [9.17, 15) is 9.18 Å². The van der Waals surface area contributed by atoms with Gasteiger partial charge in [-0.05, 0) is 48.0 Å². The van der Waals surface area contributed by atoms with E-state index in [-0.39, 0.29) is 23.9 Å². The van der Waals surface area contributed by atoms with Crippen LogP contribution in [-0.4, -0.2) is 30.2 Å². The molecule has 164 valence electrons. The van der Waals surface area contributed by atoms with Crippen molar-refractivity contribution in [3.05, 3.63) is 102 Å². The van der Waals surface area contributed by atoms with E-state index in [4.69, 9.17) is 11.6 Å². The van der Waals surface area contributed by atoms with E-state index >= 15 is 0 Å². The van der Waals surface area contributed by atoms with Gasteiger partial charge in [-0.2, -0.15) is 0 Å². The second-order valence-electron chi connectivity index (χ2n) is 7.48. The highest BCUT2D eigenvalue weighted by atomic mass is 35.5. The van der Waals surface area contributed by atoms with Crippen molar-refractivity contribution < 1.29 is 9.18 Å². The van der Waals surface area contributed by atoms with E-state index in [1.807, 2.05) is 34.9 Å². The van der Waals surface area contributed by atoms with E-state index in [0.29, 0.717) is 11.4 Å². The molecular formula is C24H18ClFN6O. The van der Waals surface area contributed by atoms with Crippen molar-refractivity contribution in [3.8, 4) is 11.3 Å². The van der Waals surface area contributed by atoms with Crippen LogP contribution >= 0.6 is 11.6 Å². The number of aromatic nitrogens is 5. The highest BCUT2D eigenvalue weighted by Gasteiger charge is 2.20. The molecule has 1 N–H and O–H groups in total. The Morgan fingerprint density at radius 1 is 1.09 bits per heavy atom. The third kappa shape index (κ3) is 4.47. The quantitative estimate of drug-likeness (QED) is 0.399. The maximum absolute atomic E-state index is 13.9. The topological polar surface area (TPSA) is 79.2 Å². The molecule has 1 aromatic carbocycles. The smallest absolute Gasteiger partial charge is 0.234 e. The van der Waals surface area contributed by atoms with Gasteiger partial charge >= 0.3 is 0 Å². The molecule has 0 fully saturated rings. The number of pyridine rings is 2. The molecule has 5 aromatic rings. The minimum absolute atomic E-state index is 0.0954. The summed E-state index contributed by atoms with van der Waals surface area (Å²) >= 11 is 6.04. The lowest BCUT2D eigenvalue weighted by molar-refractivity contribution is -0.118. The second-order valence-corrected chi connectivity index (χ2v) is 7.92. The van der Waals surface area contributed by atoms with Crippen LogP contribution in [0.1, 0.15) is 11.3 Å². The van der Waals surface area contributed by atoms with Crippen LogP contribution in [0, 0.1) is 5.82 Å². The van der Waals surface area contributed by atoms with E-state index in [0.717, 1.165) is 22.6 Å².